The first-order valence-electron chi connectivity index (χ1n) is 5.52. The Balaban J connectivity index is 2.62. The summed E-state index contributed by atoms with van der Waals surface area (Å²) >= 11 is 1.67. The smallest absolute Gasteiger partial charge is 0.217 e. The van der Waals surface area contributed by atoms with Gasteiger partial charge in [0.15, 0.2) is 0 Å². The van der Waals surface area contributed by atoms with Crippen molar-refractivity contribution in [2.24, 2.45) is 11.7 Å². The molecule has 0 aliphatic carbocycles. The lowest BCUT2D eigenvalue weighted by Gasteiger charge is -2.14. The van der Waals surface area contributed by atoms with E-state index in [4.69, 9.17) is 5.73 Å². The molecule has 0 unspecified atom stereocenters. The molecular formula is C12H20N2OS. The van der Waals surface area contributed by atoms with Gasteiger partial charge in [-0.2, -0.15) is 0 Å². The largest absolute Gasteiger partial charge is 0.370 e. The number of nitrogens with zero attached hydrogens (tertiary/aromatic N) is 1. The molecule has 90 valence electrons. The van der Waals surface area contributed by atoms with Crippen molar-refractivity contribution >= 4 is 17.2 Å². The predicted molar refractivity (Wildman–Crippen MR) is 67.5 cm³/mol. The maximum absolute atomic E-state index is 10.8. The second kappa shape index (κ2) is 4.95. The van der Waals surface area contributed by atoms with Crippen LogP contribution in [0.2, 0.25) is 0 Å². The quantitative estimate of drug-likeness (QED) is 0.879. The number of aromatic nitrogens is 1. The zero-order valence-corrected chi connectivity index (χ0v) is 11.2. The summed E-state index contributed by atoms with van der Waals surface area (Å²) < 4.78 is 0. The van der Waals surface area contributed by atoms with Gasteiger partial charge in [-0.05, 0) is 5.92 Å². The van der Waals surface area contributed by atoms with Crippen LogP contribution in [0.3, 0.4) is 0 Å². The van der Waals surface area contributed by atoms with E-state index >= 15 is 0 Å². The Hall–Kier alpha value is -0.900. The van der Waals surface area contributed by atoms with Crippen molar-refractivity contribution in [1.29, 1.82) is 0 Å². The first-order chi connectivity index (χ1) is 7.29. The van der Waals surface area contributed by atoms with Gasteiger partial charge in [-0.1, -0.05) is 27.7 Å². The molecule has 4 heteroatoms. The fourth-order valence-electron chi connectivity index (χ4n) is 1.46. The van der Waals surface area contributed by atoms with Crippen LogP contribution in [0, 0.1) is 5.92 Å². The molecule has 0 bridgehead atoms. The van der Waals surface area contributed by atoms with Crippen LogP contribution in [-0.4, -0.2) is 10.9 Å². The van der Waals surface area contributed by atoms with Crippen LogP contribution in [0.5, 0.6) is 0 Å². The number of rotatable bonds is 4. The van der Waals surface area contributed by atoms with Crippen molar-refractivity contribution in [3.63, 3.8) is 0 Å². The van der Waals surface area contributed by atoms with Crippen molar-refractivity contribution in [3.8, 4) is 0 Å². The van der Waals surface area contributed by atoms with Gasteiger partial charge >= 0.3 is 0 Å². The summed E-state index contributed by atoms with van der Waals surface area (Å²) in [7, 11) is 0. The highest BCUT2D eigenvalue weighted by atomic mass is 32.1. The molecule has 1 aromatic rings. The molecule has 0 spiro atoms. The minimum atomic E-state index is -0.236. The number of hydrogen-bond donors (Lipinski definition) is 1. The second-order valence-electron chi connectivity index (χ2n) is 5.36. The van der Waals surface area contributed by atoms with E-state index in [1.807, 2.05) is 6.92 Å². The highest BCUT2D eigenvalue weighted by molar-refractivity contribution is 7.09. The average molecular weight is 240 g/mol. The van der Waals surface area contributed by atoms with Gasteiger partial charge in [0, 0.05) is 23.6 Å². The third-order valence-electron chi connectivity index (χ3n) is 2.39. The molecule has 3 nitrogen and oxygen atoms in total. The van der Waals surface area contributed by atoms with E-state index in [1.54, 1.807) is 11.3 Å². The standard InChI is InChI=1S/C12H20N2OS/c1-8(5-10(13)15)6-11-14-9(7-16-11)12(2,3)4/h7-8H,5-6H2,1-4H3,(H2,13,15)/t8-/m1/s1. The van der Waals surface area contributed by atoms with Crippen molar-refractivity contribution in [3.05, 3.63) is 16.1 Å². The number of carbonyl (C=O) groups excluding carboxylic acids is 1. The monoisotopic (exact) mass is 240 g/mol. The van der Waals surface area contributed by atoms with E-state index in [9.17, 15) is 4.79 Å². The Kier molecular flexibility index (Phi) is 4.08. The van der Waals surface area contributed by atoms with Crippen molar-refractivity contribution in [1.82, 2.24) is 4.98 Å². The highest BCUT2D eigenvalue weighted by Gasteiger charge is 2.18. The third-order valence-corrected chi connectivity index (χ3v) is 3.26. The highest BCUT2D eigenvalue weighted by Crippen LogP contribution is 2.25. The van der Waals surface area contributed by atoms with E-state index < -0.39 is 0 Å². The zero-order chi connectivity index (χ0) is 12.3. The van der Waals surface area contributed by atoms with Crippen LogP contribution in [-0.2, 0) is 16.6 Å². The molecule has 0 fully saturated rings. The molecule has 1 heterocycles. The summed E-state index contributed by atoms with van der Waals surface area (Å²) in [6.07, 6.45) is 1.27. The molecule has 0 saturated carbocycles. The lowest BCUT2D eigenvalue weighted by atomic mass is 9.93. The van der Waals surface area contributed by atoms with Crippen molar-refractivity contribution in [2.75, 3.05) is 0 Å². The first-order valence-corrected chi connectivity index (χ1v) is 6.40. The number of hydrogen-bond acceptors (Lipinski definition) is 3. The minimum absolute atomic E-state index is 0.0989. The summed E-state index contributed by atoms with van der Waals surface area (Å²) in [5.41, 5.74) is 6.39. The molecule has 2 N–H and O–H groups in total. The summed E-state index contributed by atoms with van der Waals surface area (Å²) in [6, 6.07) is 0. The molecular weight excluding hydrogens is 220 g/mol. The van der Waals surface area contributed by atoms with Gasteiger partial charge < -0.3 is 5.73 Å². The van der Waals surface area contributed by atoms with Crippen LogP contribution < -0.4 is 5.73 Å². The molecule has 1 amide bonds. The SMILES string of the molecule is C[C@H](CC(N)=O)Cc1nc(C(C)(C)C)cs1. The van der Waals surface area contributed by atoms with Crippen LogP contribution in [0.1, 0.15) is 44.8 Å². The van der Waals surface area contributed by atoms with E-state index in [0.717, 1.165) is 17.1 Å². The van der Waals surface area contributed by atoms with E-state index in [2.05, 4.69) is 31.1 Å². The van der Waals surface area contributed by atoms with Crippen LogP contribution in [0.15, 0.2) is 5.38 Å². The van der Waals surface area contributed by atoms with Crippen LogP contribution >= 0.6 is 11.3 Å². The van der Waals surface area contributed by atoms with E-state index in [-0.39, 0.29) is 17.2 Å². The number of nitrogens with two attached hydrogens (primary N) is 1. The van der Waals surface area contributed by atoms with Gasteiger partial charge in [0.25, 0.3) is 0 Å². The van der Waals surface area contributed by atoms with Gasteiger partial charge in [-0.3, -0.25) is 4.79 Å². The van der Waals surface area contributed by atoms with Gasteiger partial charge in [0.1, 0.15) is 0 Å². The van der Waals surface area contributed by atoms with Gasteiger partial charge in [-0.15, -0.1) is 11.3 Å². The molecule has 1 rings (SSSR count). The minimum Gasteiger partial charge on any atom is -0.370 e. The summed E-state index contributed by atoms with van der Waals surface area (Å²) in [6.45, 7) is 8.49. The van der Waals surface area contributed by atoms with Gasteiger partial charge in [-0.25, -0.2) is 4.98 Å². The Morgan fingerprint density at radius 1 is 1.56 bits per heavy atom. The van der Waals surface area contributed by atoms with Gasteiger partial charge in [0.05, 0.1) is 10.7 Å². The Bertz CT molecular complexity index is 365. The van der Waals surface area contributed by atoms with Crippen LogP contribution in [0.4, 0.5) is 0 Å². The summed E-state index contributed by atoms with van der Waals surface area (Å²) in [4.78, 5) is 15.4. The summed E-state index contributed by atoms with van der Waals surface area (Å²) in [5.74, 6) is 0.0385. The Morgan fingerprint density at radius 3 is 2.62 bits per heavy atom. The Labute approximate surface area is 101 Å². The number of amides is 1. The fourth-order valence-corrected chi connectivity index (χ4v) is 2.65. The fraction of sp³-hybridized carbons (Fsp3) is 0.667. The number of primary amides is 1. The lowest BCUT2D eigenvalue weighted by molar-refractivity contribution is -0.118. The number of carbonyl (C=O) groups is 1. The molecule has 0 aliphatic heterocycles. The maximum atomic E-state index is 10.8. The molecule has 0 aromatic carbocycles. The molecule has 0 saturated heterocycles. The Morgan fingerprint density at radius 2 is 2.19 bits per heavy atom. The van der Waals surface area contributed by atoms with Crippen molar-refractivity contribution < 1.29 is 4.79 Å². The van der Waals surface area contributed by atoms with E-state index in [1.165, 1.54) is 0 Å². The topological polar surface area (TPSA) is 56.0 Å². The molecule has 0 aliphatic rings. The first kappa shape index (κ1) is 13.2. The molecule has 1 atom stereocenters. The maximum Gasteiger partial charge on any atom is 0.217 e. The third kappa shape index (κ3) is 3.93. The summed E-state index contributed by atoms with van der Waals surface area (Å²) in [5, 5.41) is 3.20. The zero-order valence-electron chi connectivity index (χ0n) is 10.4. The predicted octanol–water partition coefficient (Wildman–Crippen LogP) is 2.49. The van der Waals surface area contributed by atoms with Gasteiger partial charge in [0.2, 0.25) is 5.91 Å². The normalized spacial score (nSPS) is 13.8. The average Bonchev–Trinajstić information content (AvgIpc) is 2.49. The molecule has 16 heavy (non-hydrogen) atoms. The van der Waals surface area contributed by atoms with E-state index in [0.29, 0.717) is 6.42 Å². The molecule has 0 radical (unpaired) electrons. The lowest BCUT2D eigenvalue weighted by Crippen LogP contribution is -2.16. The second-order valence-corrected chi connectivity index (χ2v) is 6.30. The van der Waals surface area contributed by atoms with Crippen molar-refractivity contribution in [2.45, 2.75) is 46.0 Å². The molecule has 1 aromatic heterocycles. The number of thiazole rings is 1. The van der Waals surface area contributed by atoms with Crippen LogP contribution in [0.25, 0.3) is 0 Å².